The maximum Gasteiger partial charge on any atom is 0.239 e. The van der Waals surface area contributed by atoms with Crippen LogP contribution in [0.25, 0.3) is 0 Å². The number of aryl methyl sites for hydroxylation is 1. The highest BCUT2D eigenvalue weighted by Crippen LogP contribution is 2.16. The van der Waals surface area contributed by atoms with E-state index in [1.165, 1.54) is 7.11 Å². The van der Waals surface area contributed by atoms with Crippen molar-refractivity contribution in [3.8, 4) is 0 Å². The van der Waals surface area contributed by atoms with Gasteiger partial charge in [-0.15, -0.1) is 0 Å². The third-order valence-electron chi connectivity index (χ3n) is 2.51. The Labute approximate surface area is 112 Å². The lowest BCUT2D eigenvalue weighted by atomic mass is 10.2. The zero-order chi connectivity index (χ0) is 14.5. The van der Waals surface area contributed by atoms with Crippen molar-refractivity contribution in [2.45, 2.75) is 6.92 Å². The number of methoxy groups -OCH3 is 1. The SMILES string of the molecule is COCCS(=O)(=O)CC(=O)Nc1ccc(C)c(N)c1. The van der Waals surface area contributed by atoms with Gasteiger partial charge in [-0.3, -0.25) is 4.79 Å². The summed E-state index contributed by atoms with van der Waals surface area (Å²) in [5.74, 6) is -1.32. The molecule has 0 aromatic heterocycles. The third-order valence-corrected chi connectivity index (χ3v) is 4.00. The van der Waals surface area contributed by atoms with Crippen LogP contribution in [0.15, 0.2) is 18.2 Å². The second-order valence-electron chi connectivity index (χ2n) is 4.20. The van der Waals surface area contributed by atoms with Crippen molar-refractivity contribution in [3.63, 3.8) is 0 Å². The molecule has 1 aromatic rings. The highest BCUT2D eigenvalue weighted by atomic mass is 32.2. The molecule has 1 amide bonds. The molecule has 3 N–H and O–H groups in total. The molecule has 0 heterocycles. The average Bonchev–Trinajstić information content (AvgIpc) is 2.30. The predicted molar refractivity (Wildman–Crippen MR) is 74.8 cm³/mol. The Balaban J connectivity index is 2.62. The molecule has 0 fully saturated rings. The van der Waals surface area contributed by atoms with Crippen molar-refractivity contribution < 1.29 is 17.9 Å². The molecular formula is C12H18N2O4S. The summed E-state index contributed by atoms with van der Waals surface area (Å²) in [5, 5.41) is 2.50. The Morgan fingerprint density at radius 3 is 2.68 bits per heavy atom. The van der Waals surface area contributed by atoms with Gasteiger partial charge in [-0.2, -0.15) is 0 Å². The summed E-state index contributed by atoms with van der Waals surface area (Å²) in [4.78, 5) is 11.6. The van der Waals surface area contributed by atoms with E-state index in [9.17, 15) is 13.2 Å². The second-order valence-corrected chi connectivity index (χ2v) is 6.39. The number of sulfone groups is 1. The number of ether oxygens (including phenoxy) is 1. The van der Waals surface area contributed by atoms with Gasteiger partial charge < -0.3 is 15.8 Å². The Morgan fingerprint density at radius 2 is 2.11 bits per heavy atom. The van der Waals surface area contributed by atoms with Gasteiger partial charge in [0.1, 0.15) is 5.75 Å². The summed E-state index contributed by atoms with van der Waals surface area (Å²) in [6.07, 6.45) is 0. The maximum atomic E-state index is 11.6. The summed E-state index contributed by atoms with van der Waals surface area (Å²) >= 11 is 0. The van der Waals surface area contributed by atoms with Gasteiger partial charge in [0.15, 0.2) is 9.84 Å². The van der Waals surface area contributed by atoms with Gasteiger partial charge in [-0.05, 0) is 24.6 Å². The minimum absolute atomic E-state index is 0.0765. The van der Waals surface area contributed by atoms with Gasteiger partial charge in [0.2, 0.25) is 5.91 Å². The van der Waals surface area contributed by atoms with E-state index in [0.717, 1.165) is 5.56 Å². The van der Waals surface area contributed by atoms with E-state index in [2.05, 4.69) is 10.1 Å². The molecule has 0 aliphatic rings. The number of nitrogen functional groups attached to an aromatic ring is 1. The average molecular weight is 286 g/mol. The van der Waals surface area contributed by atoms with Crippen molar-refractivity contribution in [1.29, 1.82) is 0 Å². The number of carbonyl (C=O) groups is 1. The number of nitrogens with two attached hydrogens (primary N) is 1. The van der Waals surface area contributed by atoms with Crippen molar-refractivity contribution in [1.82, 2.24) is 0 Å². The lowest BCUT2D eigenvalue weighted by Gasteiger charge is -2.08. The van der Waals surface area contributed by atoms with E-state index in [0.29, 0.717) is 11.4 Å². The van der Waals surface area contributed by atoms with Crippen LogP contribution in [0.5, 0.6) is 0 Å². The van der Waals surface area contributed by atoms with Gasteiger partial charge in [-0.25, -0.2) is 8.42 Å². The second kappa shape index (κ2) is 6.53. The number of carbonyl (C=O) groups excluding carboxylic acids is 1. The first kappa shape index (κ1) is 15.5. The van der Waals surface area contributed by atoms with E-state index in [1.807, 2.05) is 6.92 Å². The fourth-order valence-corrected chi connectivity index (χ4v) is 2.43. The summed E-state index contributed by atoms with van der Waals surface area (Å²) in [7, 11) is -2.04. The van der Waals surface area contributed by atoms with Crippen LogP contribution in [0, 0.1) is 6.92 Å². The van der Waals surface area contributed by atoms with Crippen LogP contribution < -0.4 is 11.1 Å². The minimum Gasteiger partial charge on any atom is -0.398 e. The van der Waals surface area contributed by atoms with Gasteiger partial charge in [-0.1, -0.05) is 6.07 Å². The molecule has 0 atom stereocenters. The Morgan fingerprint density at radius 1 is 1.42 bits per heavy atom. The molecule has 0 saturated carbocycles. The Hall–Kier alpha value is -1.60. The lowest BCUT2D eigenvalue weighted by molar-refractivity contribution is -0.113. The van der Waals surface area contributed by atoms with Gasteiger partial charge in [0.25, 0.3) is 0 Å². The first-order valence-electron chi connectivity index (χ1n) is 5.69. The molecule has 106 valence electrons. The highest BCUT2D eigenvalue weighted by molar-refractivity contribution is 7.92. The molecule has 0 unspecified atom stereocenters. The molecule has 0 spiro atoms. The van der Waals surface area contributed by atoms with E-state index in [4.69, 9.17) is 5.73 Å². The minimum atomic E-state index is -3.45. The zero-order valence-corrected chi connectivity index (χ0v) is 11.8. The molecule has 0 radical (unpaired) electrons. The van der Waals surface area contributed by atoms with Crippen molar-refractivity contribution in [2.24, 2.45) is 0 Å². The predicted octanol–water partition coefficient (Wildman–Crippen LogP) is 0.577. The number of nitrogens with one attached hydrogen (secondary N) is 1. The van der Waals surface area contributed by atoms with Gasteiger partial charge in [0, 0.05) is 18.5 Å². The number of rotatable bonds is 6. The van der Waals surface area contributed by atoms with Crippen LogP contribution in [0.2, 0.25) is 0 Å². The van der Waals surface area contributed by atoms with Crippen LogP contribution in [0.4, 0.5) is 11.4 Å². The molecular weight excluding hydrogens is 268 g/mol. The highest BCUT2D eigenvalue weighted by Gasteiger charge is 2.16. The molecule has 0 bridgehead atoms. The van der Waals surface area contributed by atoms with E-state index >= 15 is 0 Å². The van der Waals surface area contributed by atoms with Gasteiger partial charge >= 0.3 is 0 Å². The first-order valence-corrected chi connectivity index (χ1v) is 7.51. The molecule has 1 aromatic carbocycles. The Kier molecular flexibility index (Phi) is 5.31. The summed E-state index contributed by atoms with van der Waals surface area (Å²) < 4.78 is 27.8. The number of hydrogen-bond donors (Lipinski definition) is 2. The molecule has 6 nitrogen and oxygen atoms in total. The fraction of sp³-hybridized carbons (Fsp3) is 0.417. The summed E-state index contributed by atoms with van der Waals surface area (Å²) in [6.45, 7) is 1.92. The van der Waals surface area contributed by atoms with Crippen molar-refractivity contribution in [3.05, 3.63) is 23.8 Å². The molecule has 1 rings (SSSR count). The monoisotopic (exact) mass is 286 g/mol. The number of amides is 1. The van der Waals surface area contributed by atoms with Gasteiger partial charge in [0.05, 0.1) is 12.4 Å². The summed E-state index contributed by atoms with van der Waals surface area (Å²) in [5.41, 5.74) is 7.62. The molecule has 19 heavy (non-hydrogen) atoms. The topological polar surface area (TPSA) is 98.5 Å². The van der Waals surface area contributed by atoms with Crippen LogP contribution >= 0.6 is 0 Å². The maximum absolute atomic E-state index is 11.6. The quantitative estimate of drug-likeness (QED) is 0.745. The zero-order valence-electron chi connectivity index (χ0n) is 11.0. The first-order chi connectivity index (χ1) is 8.84. The molecule has 0 saturated heterocycles. The van der Waals surface area contributed by atoms with Crippen molar-refractivity contribution >= 4 is 27.1 Å². The van der Waals surface area contributed by atoms with Crippen LogP contribution in [-0.4, -0.2) is 39.5 Å². The third kappa shape index (κ3) is 5.27. The lowest BCUT2D eigenvalue weighted by Crippen LogP contribution is -2.26. The number of anilines is 2. The molecule has 0 aliphatic heterocycles. The Bertz CT molecular complexity index is 555. The smallest absolute Gasteiger partial charge is 0.239 e. The van der Waals surface area contributed by atoms with Crippen LogP contribution in [0.1, 0.15) is 5.56 Å². The fourth-order valence-electron chi connectivity index (χ4n) is 1.40. The van der Waals surface area contributed by atoms with Crippen molar-refractivity contribution in [2.75, 3.05) is 36.3 Å². The van der Waals surface area contributed by atoms with E-state index in [1.54, 1.807) is 18.2 Å². The largest absolute Gasteiger partial charge is 0.398 e. The van der Waals surface area contributed by atoms with E-state index < -0.39 is 21.5 Å². The van der Waals surface area contributed by atoms with Crippen LogP contribution in [0.3, 0.4) is 0 Å². The molecule has 7 heteroatoms. The number of benzene rings is 1. The standard InChI is InChI=1S/C12H18N2O4S/c1-9-3-4-10(7-11(9)13)14-12(15)8-19(16,17)6-5-18-2/h3-4,7H,5-6,8,13H2,1-2H3,(H,14,15). The van der Waals surface area contributed by atoms with Crippen LogP contribution in [-0.2, 0) is 19.4 Å². The molecule has 0 aliphatic carbocycles. The normalized spacial score (nSPS) is 11.3. The van der Waals surface area contributed by atoms with E-state index in [-0.39, 0.29) is 12.4 Å². The summed E-state index contributed by atoms with van der Waals surface area (Å²) in [6, 6.07) is 5.02. The number of hydrogen-bond acceptors (Lipinski definition) is 5.